The van der Waals surface area contributed by atoms with Gasteiger partial charge in [-0.1, -0.05) is 38.1 Å². The fourth-order valence-electron chi connectivity index (χ4n) is 2.56. The van der Waals surface area contributed by atoms with Crippen molar-refractivity contribution in [1.29, 1.82) is 0 Å². The molecule has 1 unspecified atom stereocenters. The van der Waals surface area contributed by atoms with Crippen LogP contribution in [-0.4, -0.2) is 36.2 Å². The second-order valence-corrected chi connectivity index (χ2v) is 7.47. The Balaban J connectivity index is 2.12. The number of alkyl halides is 3. The predicted octanol–water partition coefficient (Wildman–Crippen LogP) is 4.06. The molecule has 1 aromatic heterocycles. The number of para-hydroxylation sites is 1. The van der Waals surface area contributed by atoms with Gasteiger partial charge in [-0.05, 0) is 23.4 Å². The van der Waals surface area contributed by atoms with E-state index in [1.54, 1.807) is 37.4 Å². The summed E-state index contributed by atoms with van der Waals surface area (Å²) >= 11 is 1.25. The van der Waals surface area contributed by atoms with Gasteiger partial charge in [-0.3, -0.25) is 9.59 Å². The maximum atomic E-state index is 12.8. The molecular formula is C19H21F3N2O3S. The average Bonchev–Trinajstić information content (AvgIpc) is 3.13. The van der Waals surface area contributed by atoms with Crippen LogP contribution in [0.15, 0.2) is 41.8 Å². The highest BCUT2D eigenvalue weighted by molar-refractivity contribution is 7.12. The summed E-state index contributed by atoms with van der Waals surface area (Å²) in [6.45, 7) is 3.47. The fraction of sp³-hybridized carbons (Fsp3) is 0.368. The van der Waals surface area contributed by atoms with Crippen molar-refractivity contribution in [1.82, 2.24) is 10.2 Å². The molecule has 0 saturated heterocycles. The summed E-state index contributed by atoms with van der Waals surface area (Å²) in [4.78, 5) is 26.9. The zero-order valence-corrected chi connectivity index (χ0v) is 16.4. The number of hydrogen-bond acceptors (Lipinski definition) is 4. The fourth-order valence-corrected chi connectivity index (χ4v) is 3.19. The number of carbonyl (C=O) groups is 2. The second-order valence-electron chi connectivity index (χ2n) is 6.52. The molecule has 28 heavy (non-hydrogen) atoms. The molecule has 2 rings (SSSR count). The van der Waals surface area contributed by atoms with Gasteiger partial charge in [0.05, 0.1) is 4.88 Å². The Bertz CT molecular complexity index is 807. The molecule has 0 aliphatic rings. The topological polar surface area (TPSA) is 58.6 Å². The van der Waals surface area contributed by atoms with E-state index < -0.39 is 18.3 Å². The Kier molecular flexibility index (Phi) is 7.06. The third-order valence-electron chi connectivity index (χ3n) is 3.95. The number of likely N-dealkylation sites (N-methyl/N-ethyl adjacent to an activating group) is 1. The van der Waals surface area contributed by atoms with E-state index in [9.17, 15) is 22.8 Å². The van der Waals surface area contributed by atoms with Crippen molar-refractivity contribution in [3.8, 4) is 5.75 Å². The lowest BCUT2D eigenvalue weighted by Crippen LogP contribution is -2.49. The van der Waals surface area contributed by atoms with Gasteiger partial charge in [0, 0.05) is 19.2 Å². The van der Waals surface area contributed by atoms with Crippen LogP contribution < -0.4 is 10.1 Å². The Morgan fingerprint density at radius 1 is 1.18 bits per heavy atom. The summed E-state index contributed by atoms with van der Waals surface area (Å²) in [7, 11) is 1.47. The van der Waals surface area contributed by atoms with Crippen LogP contribution in [0, 0.1) is 5.92 Å². The Morgan fingerprint density at radius 2 is 1.86 bits per heavy atom. The van der Waals surface area contributed by atoms with Crippen molar-refractivity contribution in [3.63, 3.8) is 0 Å². The number of hydrogen-bond donors (Lipinski definition) is 1. The number of nitrogens with zero attached hydrogens (tertiary/aromatic N) is 1. The van der Waals surface area contributed by atoms with Gasteiger partial charge in [0.1, 0.15) is 11.8 Å². The largest absolute Gasteiger partial charge is 0.573 e. The van der Waals surface area contributed by atoms with Crippen LogP contribution in [0.4, 0.5) is 13.2 Å². The molecule has 0 aliphatic carbocycles. The molecule has 5 nitrogen and oxygen atoms in total. The Labute approximate surface area is 165 Å². The van der Waals surface area contributed by atoms with Crippen molar-refractivity contribution in [2.45, 2.75) is 32.8 Å². The lowest BCUT2D eigenvalue weighted by molar-refractivity contribution is -0.275. The molecule has 1 N–H and O–H groups in total. The van der Waals surface area contributed by atoms with Crippen LogP contribution >= 0.6 is 11.3 Å². The number of benzene rings is 1. The van der Waals surface area contributed by atoms with Crippen LogP contribution in [0.1, 0.15) is 29.1 Å². The smallest absolute Gasteiger partial charge is 0.405 e. The van der Waals surface area contributed by atoms with E-state index in [0.717, 1.165) is 0 Å². The van der Waals surface area contributed by atoms with Crippen molar-refractivity contribution in [2.24, 2.45) is 5.92 Å². The van der Waals surface area contributed by atoms with Gasteiger partial charge in [-0.2, -0.15) is 0 Å². The SMILES string of the molecule is CC(C)C(NC(=O)c1cccs1)C(=O)N(C)Cc1ccccc1OC(F)(F)F. The molecule has 0 aliphatic heterocycles. The number of nitrogens with one attached hydrogen (secondary N) is 1. The molecule has 1 atom stereocenters. The quantitative estimate of drug-likeness (QED) is 0.743. The van der Waals surface area contributed by atoms with Crippen molar-refractivity contribution < 1.29 is 27.5 Å². The van der Waals surface area contributed by atoms with Crippen LogP contribution in [0.2, 0.25) is 0 Å². The molecule has 0 saturated carbocycles. The van der Waals surface area contributed by atoms with E-state index in [-0.39, 0.29) is 29.7 Å². The van der Waals surface area contributed by atoms with Crippen LogP contribution in [-0.2, 0) is 11.3 Å². The highest BCUT2D eigenvalue weighted by atomic mass is 32.1. The van der Waals surface area contributed by atoms with Gasteiger partial charge < -0.3 is 15.0 Å². The highest BCUT2D eigenvalue weighted by Gasteiger charge is 2.33. The number of carbonyl (C=O) groups excluding carboxylic acids is 2. The van der Waals surface area contributed by atoms with E-state index in [1.807, 2.05) is 0 Å². The zero-order valence-electron chi connectivity index (χ0n) is 15.6. The Hall–Kier alpha value is -2.55. The minimum Gasteiger partial charge on any atom is -0.405 e. The number of amides is 2. The minimum atomic E-state index is -4.83. The second kappa shape index (κ2) is 9.09. The first-order chi connectivity index (χ1) is 13.1. The third kappa shape index (κ3) is 5.98. The van der Waals surface area contributed by atoms with Crippen LogP contribution in [0.25, 0.3) is 0 Å². The first-order valence-electron chi connectivity index (χ1n) is 8.51. The number of halogens is 3. The highest BCUT2D eigenvalue weighted by Crippen LogP contribution is 2.27. The summed E-state index contributed by atoms with van der Waals surface area (Å²) in [5.74, 6) is -1.34. The van der Waals surface area contributed by atoms with Crippen molar-refractivity contribution in [3.05, 3.63) is 52.2 Å². The molecule has 0 spiro atoms. The molecule has 0 bridgehead atoms. The molecule has 0 fully saturated rings. The number of thiophene rings is 1. The molecule has 1 heterocycles. The van der Waals surface area contributed by atoms with Gasteiger partial charge >= 0.3 is 6.36 Å². The van der Waals surface area contributed by atoms with Gasteiger partial charge in [-0.25, -0.2) is 0 Å². The average molecular weight is 414 g/mol. The molecule has 2 amide bonds. The molecular weight excluding hydrogens is 393 g/mol. The summed E-state index contributed by atoms with van der Waals surface area (Å²) in [6.07, 6.45) is -4.83. The van der Waals surface area contributed by atoms with Crippen molar-refractivity contribution in [2.75, 3.05) is 7.05 Å². The van der Waals surface area contributed by atoms with E-state index in [2.05, 4.69) is 10.1 Å². The summed E-state index contributed by atoms with van der Waals surface area (Å²) in [5.41, 5.74) is 0.211. The van der Waals surface area contributed by atoms with Gasteiger partial charge in [0.15, 0.2) is 0 Å². The van der Waals surface area contributed by atoms with E-state index >= 15 is 0 Å². The van der Waals surface area contributed by atoms with Gasteiger partial charge in [-0.15, -0.1) is 24.5 Å². The number of rotatable bonds is 7. The van der Waals surface area contributed by atoms with Crippen LogP contribution in [0.3, 0.4) is 0 Å². The maximum Gasteiger partial charge on any atom is 0.573 e. The lowest BCUT2D eigenvalue weighted by Gasteiger charge is -2.27. The standard InChI is InChI=1S/C19H21F3N2O3S/c1-12(2)16(23-17(25)15-9-6-10-28-15)18(26)24(3)11-13-7-4-5-8-14(13)27-19(20,21)22/h4-10,12,16H,11H2,1-3H3,(H,23,25). The molecule has 2 aromatic rings. The summed E-state index contributed by atoms with van der Waals surface area (Å²) in [5, 5.41) is 4.46. The Morgan fingerprint density at radius 3 is 2.43 bits per heavy atom. The predicted molar refractivity (Wildman–Crippen MR) is 100 cm³/mol. The van der Waals surface area contributed by atoms with E-state index in [1.165, 1.54) is 41.5 Å². The minimum absolute atomic E-state index is 0.0941. The first kappa shape index (κ1) is 21.7. The maximum absolute atomic E-state index is 12.8. The monoisotopic (exact) mass is 414 g/mol. The zero-order chi connectivity index (χ0) is 20.9. The number of ether oxygens (including phenoxy) is 1. The lowest BCUT2D eigenvalue weighted by atomic mass is 10.0. The molecule has 9 heteroatoms. The molecule has 152 valence electrons. The molecule has 0 radical (unpaired) electrons. The van der Waals surface area contributed by atoms with Crippen molar-refractivity contribution >= 4 is 23.2 Å². The molecule has 1 aromatic carbocycles. The summed E-state index contributed by atoms with van der Waals surface area (Å²) < 4.78 is 41.8. The van der Waals surface area contributed by atoms with E-state index in [0.29, 0.717) is 4.88 Å². The van der Waals surface area contributed by atoms with Crippen LogP contribution in [0.5, 0.6) is 5.75 Å². The van der Waals surface area contributed by atoms with Gasteiger partial charge in [0.2, 0.25) is 5.91 Å². The third-order valence-corrected chi connectivity index (χ3v) is 4.81. The van der Waals surface area contributed by atoms with E-state index in [4.69, 9.17) is 0 Å². The normalized spacial score (nSPS) is 12.5. The summed E-state index contributed by atoms with van der Waals surface area (Å²) in [6, 6.07) is 8.21. The first-order valence-corrected chi connectivity index (χ1v) is 9.39. The van der Waals surface area contributed by atoms with Gasteiger partial charge in [0.25, 0.3) is 5.91 Å².